The van der Waals surface area contributed by atoms with Gasteiger partial charge in [0.25, 0.3) is 5.91 Å². The number of carbonyl (C=O) groups is 1. The van der Waals surface area contributed by atoms with Gasteiger partial charge in [-0.2, -0.15) is 0 Å². The highest BCUT2D eigenvalue weighted by molar-refractivity contribution is 9.10. The third-order valence-corrected chi connectivity index (χ3v) is 5.88. The Bertz CT molecular complexity index is 1160. The van der Waals surface area contributed by atoms with Crippen LogP contribution in [0.1, 0.15) is 27.2 Å². The molecule has 0 spiro atoms. The van der Waals surface area contributed by atoms with Crippen molar-refractivity contribution in [2.24, 2.45) is 0 Å². The van der Waals surface area contributed by atoms with Crippen LogP contribution in [0.15, 0.2) is 102 Å². The molecule has 0 N–H and O–H groups in total. The summed E-state index contributed by atoms with van der Waals surface area (Å²) < 4.78 is 3.25. The predicted octanol–water partition coefficient (Wildman–Crippen LogP) is 6.79. The zero-order valence-corrected chi connectivity index (χ0v) is 19.3. The second kappa shape index (κ2) is 9.99. The van der Waals surface area contributed by atoms with E-state index in [9.17, 15) is 4.79 Å². The SMILES string of the molecule is O=C(c1cccc(Cl)c1)N(Cc1ccccc1)Cc1cccn1Cc1ccc(Br)cc1. The Morgan fingerprint density at radius 1 is 0.839 bits per heavy atom. The van der Waals surface area contributed by atoms with Crippen LogP contribution in [0.2, 0.25) is 5.02 Å². The van der Waals surface area contributed by atoms with Crippen molar-refractivity contribution < 1.29 is 4.79 Å². The van der Waals surface area contributed by atoms with Crippen LogP contribution in [0.5, 0.6) is 0 Å². The van der Waals surface area contributed by atoms with Crippen LogP contribution in [-0.4, -0.2) is 15.4 Å². The van der Waals surface area contributed by atoms with Crippen molar-refractivity contribution in [2.45, 2.75) is 19.6 Å². The maximum atomic E-state index is 13.4. The first-order valence-corrected chi connectivity index (χ1v) is 11.2. The molecule has 0 aliphatic rings. The third-order valence-electron chi connectivity index (χ3n) is 5.12. The van der Waals surface area contributed by atoms with Gasteiger partial charge in [-0.05, 0) is 53.6 Å². The monoisotopic (exact) mass is 492 g/mol. The number of amides is 1. The highest BCUT2D eigenvalue weighted by Crippen LogP contribution is 2.19. The van der Waals surface area contributed by atoms with E-state index in [1.54, 1.807) is 12.1 Å². The third kappa shape index (κ3) is 5.66. The molecule has 1 amide bonds. The second-order valence-corrected chi connectivity index (χ2v) is 8.76. The summed E-state index contributed by atoms with van der Waals surface area (Å²) in [4.78, 5) is 15.3. The Hall–Kier alpha value is -2.82. The van der Waals surface area contributed by atoms with E-state index in [2.05, 4.69) is 44.9 Å². The number of aromatic nitrogens is 1. The van der Waals surface area contributed by atoms with Crippen molar-refractivity contribution in [2.75, 3.05) is 0 Å². The molecule has 4 aromatic rings. The van der Waals surface area contributed by atoms with Gasteiger partial charge < -0.3 is 9.47 Å². The molecule has 4 rings (SSSR count). The van der Waals surface area contributed by atoms with E-state index >= 15 is 0 Å². The Kier molecular flexibility index (Phi) is 6.90. The summed E-state index contributed by atoms with van der Waals surface area (Å²) in [6.07, 6.45) is 2.06. The predicted molar refractivity (Wildman–Crippen MR) is 129 cm³/mol. The molecule has 0 saturated carbocycles. The molecule has 0 bridgehead atoms. The number of hydrogen-bond donors (Lipinski definition) is 0. The summed E-state index contributed by atoms with van der Waals surface area (Å²) in [6.45, 7) is 1.78. The summed E-state index contributed by atoms with van der Waals surface area (Å²) in [5.41, 5.74) is 3.96. The summed E-state index contributed by atoms with van der Waals surface area (Å²) in [7, 11) is 0. The normalized spacial score (nSPS) is 10.8. The minimum Gasteiger partial charge on any atom is -0.345 e. The quantitative estimate of drug-likeness (QED) is 0.278. The van der Waals surface area contributed by atoms with Crippen molar-refractivity contribution in [1.29, 1.82) is 0 Å². The average molecular weight is 494 g/mol. The standard InChI is InChI=1S/C26H22BrClN2O/c27-23-13-11-21(12-14-23)17-29-15-5-10-25(29)19-30(18-20-6-2-1-3-7-20)26(31)22-8-4-9-24(28)16-22/h1-16H,17-19H2. The van der Waals surface area contributed by atoms with Gasteiger partial charge in [0.15, 0.2) is 0 Å². The van der Waals surface area contributed by atoms with Crippen LogP contribution in [0.3, 0.4) is 0 Å². The van der Waals surface area contributed by atoms with Gasteiger partial charge in [-0.15, -0.1) is 0 Å². The largest absolute Gasteiger partial charge is 0.345 e. The van der Waals surface area contributed by atoms with E-state index in [1.807, 2.05) is 65.6 Å². The summed E-state index contributed by atoms with van der Waals surface area (Å²) >= 11 is 9.63. The van der Waals surface area contributed by atoms with Gasteiger partial charge in [-0.3, -0.25) is 4.79 Å². The topological polar surface area (TPSA) is 25.2 Å². The maximum absolute atomic E-state index is 13.4. The summed E-state index contributed by atoms with van der Waals surface area (Å²) in [6, 6.07) is 29.6. The molecular formula is C26H22BrClN2O. The van der Waals surface area contributed by atoms with E-state index < -0.39 is 0 Å². The van der Waals surface area contributed by atoms with Gasteiger partial charge >= 0.3 is 0 Å². The first kappa shape index (κ1) is 21.4. The van der Waals surface area contributed by atoms with Crippen LogP contribution in [-0.2, 0) is 19.6 Å². The molecule has 0 fully saturated rings. The first-order chi connectivity index (χ1) is 15.1. The molecule has 5 heteroatoms. The lowest BCUT2D eigenvalue weighted by Crippen LogP contribution is -2.31. The molecule has 0 atom stereocenters. The number of rotatable bonds is 7. The first-order valence-electron chi connectivity index (χ1n) is 10.1. The fourth-order valence-electron chi connectivity index (χ4n) is 3.54. The molecule has 0 aliphatic carbocycles. The van der Waals surface area contributed by atoms with E-state index in [1.165, 1.54) is 5.56 Å². The van der Waals surface area contributed by atoms with Crippen molar-refractivity contribution in [3.63, 3.8) is 0 Å². The molecule has 156 valence electrons. The average Bonchev–Trinajstić information content (AvgIpc) is 3.21. The van der Waals surface area contributed by atoms with Gasteiger partial charge in [-0.25, -0.2) is 0 Å². The van der Waals surface area contributed by atoms with E-state index in [4.69, 9.17) is 11.6 Å². The Balaban J connectivity index is 1.60. The molecule has 0 radical (unpaired) electrons. The fourth-order valence-corrected chi connectivity index (χ4v) is 3.99. The van der Waals surface area contributed by atoms with Crippen LogP contribution >= 0.6 is 27.5 Å². The number of carbonyl (C=O) groups excluding carboxylic acids is 1. The van der Waals surface area contributed by atoms with Crippen molar-refractivity contribution >= 4 is 33.4 Å². The second-order valence-electron chi connectivity index (χ2n) is 7.41. The molecular weight excluding hydrogens is 472 g/mol. The molecule has 0 aliphatic heterocycles. The highest BCUT2D eigenvalue weighted by atomic mass is 79.9. The Morgan fingerprint density at radius 2 is 1.61 bits per heavy atom. The molecule has 3 aromatic carbocycles. The smallest absolute Gasteiger partial charge is 0.254 e. The minimum absolute atomic E-state index is 0.0391. The van der Waals surface area contributed by atoms with E-state index in [0.29, 0.717) is 23.7 Å². The number of hydrogen-bond acceptors (Lipinski definition) is 1. The number of nitrogens with zero attached hydrogens (tertiary/aromatic N) is 2. The van der Waals surface area contributed by atoms with Crippen LogP contribution in [0.4, 0.5) is 0 Å². The molecule has 1 heterocycles. The summed E-state index contributed by atoms with van der Waals surface area (Å²) in [5.74, 6) is -0.0391. The molecule has 1 aromatic heterocycles. The number of benzene rings is 3. The fraction of sp³-hybridized carbons (Fsp3) is 0.115. The molecule has 3 nitrogen and oxygen atoms in total. The Labute approximate surface area is 196 Å². The van der Waals surface area contributed by atoms with E-state index in [-0.39, 0.29) is 5.91 Å². The van der Waals surface area contributed by atoms with Gasteiger partial charge in [-0.1, -0.05) is 76.1 Å². The number of halogens is 2. The van der Waals surface area contributed by atoms with Gasteiger partial charge in [0.05, 0.1) is 6.54 Å². The van der Waals surface area contributed by atoms with Crippen LogP contribution < -0.4 is 0 Å². The highest BCUT2D eigenvalue weighted by Gasteiger charge is 2.18. The lowest BCUT2D eigenvalue weighted by molar-refractivity contribution is 0.0726. The Morgan fingerprint density at radius 3 is 2.35 bits per heavy atom. The summed E-state index contributed by atoms with van der Waals surface area (Å²) in [5, 5.41) is 0.559. The molecule has 0 saturated heterocycles. The van der Waals surface area contributed by atoms with Crippen LogP contribution in [0.25, 0.3) is 0 Å². The van der Waals surface area contributed by atoms with Crippen molar-refractivity contribution in [3.05, 3.63) is 129 Å². The maximum Gasteiger partial charge on any atom is 0.254 e. The lowest BCUT2D eigenvalue weighted by atomic mass is 10.1. The molecule has 0 unspecified atom stereocenters. The van der Waals surface area contributed by atoms with Crippen molar-refractivity contribution in [1.82, 2.24) is 9.47 Å². The van der Waals surface area contributed by atoms with Gasteiger partial charge in [0.1, 0.15) is 0 Å². The van der Waals surface area contributed by atoms with E-state index in [0.717, 1.165) is 22.3 Å². The molecule has 31 heavy (non-hydrogen) atoms. The van der Waals surface area contributed by atoms with Crippen LogP contribution in [0, 0.1) is 0 Å². The zero-order valence-electron chi connectivity index (χ0n) is 16.9. The van der Waals surface area contributed by atoms with Crippen molar-refractivity contribution in [3.8, 4) is 0 Å². The minimum atomic E-state index is -0.0391. The van der Waals surface area contributed by atoms with Gasteiger partial charge in [0, 0.05) is 40.0 Å². The lowest BCUT2D eigenvalue weighted by Gasteiger charge is -2.24. The van der Waals surface area contributed by atoms with Gasteiger partial charge in [0.2, 0.25) is 0 Å². The zero-order chi connectivity index (χ0) is 21.6.